The van der Waals surface area contributed by atoms with Crippen LogP contribution in [0.3, 0.4) is 0 Å². The van der Waals surface area contributed by atoms with Gasteiger partial charge in [0.05, 0.1) is 12.5 Å². The van der Waals surface area contributed by atoms with Crippen molar-refractivity contribution in [1.29, 1.82) is 5.26 Å². The largest absolute Gasteiger partial charge is 0.299 e. The molecule has 1 aliphatic rings. The van der Waals surface area contributed by atoms with E-state index in [9.17, 15) is 0 Å². The number of rotatable bonds is 3. The van der Waals surface area contributed by atoms with E-state index in [1.807, 2.05) is 0 Å². The Balaban J connectivity index is 1.91. The van der Waals surface area contributed by atoms with Gasteiger partial charge in [-0.15, -0.1) is 0 Å². The third-order valence-electron chi connectivity index (χ3n) is 3.16. The lowest BCUT2D eigenvalue weighted by atomic mass is 10.1. The molecule has 0 saturated carbocycles. The monoisotopic (exact) mass is 214 g/mol. The Hall–Kier alpha value is -1.33. The molecule has 1 aliphatic heterocycles. The van der Waals surface area contributed by atoms with Crippen LogP contribution in [0.4, 0.5) is 0 Å². The van der Waals surface area contributed by atoms with Gasteiger partial charge in [0.2, 0.25) is 0 Å². The predicted molar refractivity (Wildman–Crippen MR) is 64.9 cm³/mol. The molecule has 1 heterocycles. The molecule has 2 nitrogen and oxygen atoms in total. The summed E-state index contributed by atoms with van der Waals surface area (Å²) in [5.41, 5.74) is 2.48. The molecule has 1 fully saturated rings. The van der Waals surface area contributed by atoms with E-state index in [1.54, 1.807) is 0 Å². The first-order valence-corrected chi connectivity index (χ1v) is 6.05. The maximum atomic E-state index is 8.59. The maximum Gasteiger partial charge on any atom is 0.0669 e. The van der Waals surface area contributed by atoms with E-state index in [2.05, 4.69) is 35.2 Å². The van der Waals surface area contributed by atoms with Crippen molar-refractivity contribution in [2.24, 2.45) is 0 Å². The summed E-state index contributed by atoms with van der Waals surface area (Å²) in [7, 11) is 0. The summed E-state index contributed by atoms with van der Waals surface area (Å²) in [6, 6.07) is 10.6. The highest BCUT2D eigenvalue weighted by molar-refractivity contribution is 5.24. The van der Waals surface area contributed by atoms with Crippen LogP contribution >= 0.6 is 0 Å². The van der Waals surface area contributed by atoms with Crippen LogP contribution in [0.2, 0.25) is 0 Å². The highest BCUT2D eigenvalue weighted by Crippen LogP contribution is 2.13. The van der Waals surface area contributed by atoms with Gasteiger partial charge in [0, 0.05) is 6.54 Å². The molecule has 0 bridgehead atoms. The first kappa shape index (κ1) is 11.2. The summed E-state index contributed by atoms with van der Waals surface area (Å²) in [4.78, 5) is 2.52. The number of likely N-dealkylation sites (tertiary alicyclic amines) is 1. The van der Waals surface area contributed by atoms with E-state index in [-0.39, 0.29) is 0 Å². The maximum absolute atomic E-state index is 8.59. The SMILES string of the molecule is N#CCc1ccc(CN2CCCCC2)cc1. The zero-order chi connectivity index (χ0) is 11.2. The molecule has 2 rings (SSSR count). The fourth-order valence-corrected chi connectivity index (χ4v) is 2.23. The standard InChI is InChI=1S/C14H18N2/c15-9-8-13-4-6-14(7-5-13)12-16-10-2-1-3-11-16/h4-7H,1-3,8,10-12H2. The Labute approximate surface area is 97.5 Å². The van der Waals surface area contributed by atoms with E-state index in [0.717, 1.165) is 12.1 Å². The fraction of sp³-hybridized carbons (Fsp3) is 0.500. The van der Waals surface area contributed by atoms with Crippen molar-refractivity contribution >= 4 is 0 Å². The molecule has 1 saturated heterocycles. The van der Waals surface area contributed by atoms with Gasteiger partial charge < -0.3 is 0 Å². The lowest BCUT2D eigenvalue weighted by molar-refractivity contribution is 0.221. The van der Waals surface area contributed by atoms with E-state index in [0.29, 0.717) is 6.42 Å². The molecule has 0 amide bonds. The van der Waals surface area contributed by atoms with Crippen LogP contribution in [0, 0.1) is 11.3 Å². The summed E-state index contributed by atoms with van der Waals surface area (Å²) in [5, 5.41) is 8.59. The Bertz CT molecular complexity index is 355. The first-order chi connectivity index (χ1) is 7.88. The molecule has 16 heavy (non-hydrogen) atoms. The summed E-state index contributed by atoms with van der Waals surface area (Å²) in [6.45, 7) is 3.53. The molecule has 0 aromatic heterocycles. The van der Waals surface area contributed by atoms with Gasteiger partial charge in [-0.05, 0) is 37.1 Å². The van der Waals surface area contributed by atoms with Crippen LogP contribution in [-0.4, -0.2) is 18.0 Å². The second-order valence-corrected chi connectivity index (χ2v) is 4.49. The highest BCUT2D eigenvalue weighted by atomic mass is 15.1. The van der Waals surface area contributed by atoms with Gasteiger partial charge in [0.15, 0.2) is 0 Å². The van der Waals surface area contributed by atoms with Crippen LogP contribution in [-0.2, 0) is 13.0 Å². The quantitative estimate of drug-likeness (QED) is 0.773. The zero-order valence-electron chi connectivity index (χ0n) is 9.65. The zero-order valence-corrected chi connectivity index (χ0v) is 9.65. The van der Waals surface area contributed by atoms with E-state index >= 15 is 0 Å². The average Bonchev–Trinajstić information content (AvgIpc) is 2.33. The number of hydrogen-bond donors (Lipinski definition) is 0. The molecule has 0 aliphatic carbocycles. The lowest BCUT2D eigenvalue weighted by Crippen LogP contribution is -2.29. The van der Waals surface area contributed by atoms with Crippen LogP contribution in [0.1, 0.15) is 30.4 Å². The van der Waals surface area contributed by atoms with Crippen LogP contribution in [0.5, 0.6) is 0 Å². The number of nitrogens with zero attached hydrogens (tertiary/aromatic N) is 2. The Kier molecular flexibility index (Phi) is 3.96. The summed E-state index contributed by atoms with van der Waals surface area (Å²) in [6.07, 6.45) is 4.58. The normalized spacial score (nSPS) is 16.9. The van der Waals surface area contributed by atoms with Gasteiger partial charge in [-0.1, -0.05) is 30.7 Å². The van der Waals surface area contributed by atoms with Gasteiger partial charge in [0.1, 0.15) is 0 Å². The fourth-order valence-electron chi connectivity index (χ4n) is 2.23. The van der Waals surface area contributed by atoms with E-state index < -0.39 is 0 Å². The first-order valence-electron chi connectivity index (χ1n) is 6.05. The molecule has 1 aromatic rings. The Morgan fingerprint density at radius 2 is 1.62 bits per heavy atom. The Morgan fingerprint density at radius 1 is 1.00 bits per heavy atom. The second kappa shape index (κ2) is 5.67. The third kappa shape index (κ3) is 3.08. The van der Waals surface area contributed by atoms with Crippen LogP contribution in [0.15, 0.2) is 24.3 Å². The van der Waals surface area contributed by atoms with Gasteiger partial charge in [-0.25, -0.2) is 0 Å². The average molecular weight is 214 g/mol. The summed E-state index contributed by atoms with van der Waals surface area (Å²) >= 11 is 0. The molecular weight excluding hydrogens is 196 g/mol. The van der Waals surface area contributed by atoms with Crippen molar-refractivity contribution in [2.45, 2.75) is 32.2 Å². The van der Waals surface area contributed by atoms with Crippen molar-refractivity contribution in [3.63, 3.8) is 0 Å². The number of hydrogen-bond acceptors (Lipinski definition) is 2. The lowest BCUT2D eigenvalue weighted by Gasteiger charge is -2.26. The van der Waals surface area contributed by atoms with Crippen molar-refractivity contribution in [1.82, 2.24) is 4.90 Å². The molecule has 0 N–H and O–H groups in total. The van der Waals surface area contributed by atoms with Gasteiger partial charge in [0.25, 0.3) is 0 Å². The number of nitriles is 1. The Morgan fingerprint density at radius 3 is 2.25 bits per heavy atom. The van der Waals surface area contributed by atoms with E-state index in [4.69, 9.17) is 5.26 Å². The predicted octanol–water partition coefficient (Wildman–Crippen LogP) is 2.74. The minimum Gasteiger partial charge on any atom is -0.299 e. The van der Waals surface area contributed by atoms with Crippen molar-refractivity contribution in [2.75, 3.05) is 13.1 Å². The van der Waals surface area contributed by atoms with Gasteiger partial charge >= 0.3 is 0 Å². The van der Waals surface area contributed by atoms with Crippen molar-refractivity contribution < 1.29 is 0 Å². The molecule has 2 heteroatoms. The molecule has 0 atom stereocenters. The molecular formula is C14H18N2. The minimum absolute atomic E-state index is 0.518. The second-order valence-electron chi connectivity index (χ2n) is 4.49. The molecule has 0 radical (unpaired) electrons. The topological polar surface area (TPSA) is 27.0 Å². The molecule has 0 spiro atoms. The van der Waals surface area contributed by atoms with E-state index in [1.165, 1.54) is 37.9 Å². The summed E-state index contributed by atoms with van der Waals surface area (Å²) < 4.78 is 0. The molecule has 0 unspecified atom stereocenters. The van der Waals surface area contributed by atoms with Crippen molar-refractivity contribution in [3.05, 3.63) is 35.4 Å². The van der Waals surface area contributed by atoms with Crippen LogP contribution in [0.25, 0.3) is 0 Å². The number of benzene rings is 1. The minimum atomic E-state index is 0.518. The highest BCUT2D eigenvalue weighted by Gasteiger charge is 2.09. The van der Waals surface area contributed by atoms with Crippen LogP contribution < -0.4 is 0 Å². The third-order valence-corrected chi connectivity index (χ3v) is 3.16. The smallest absolute Gasteiger partial charge is 0.0669 e. The summed E-state index contributed by atoms with van der Waals surface area (Å²) in [5.74, 6) is 0. The van der Waals surface area contributed by atoms with Crippen molar-refractivity contribution in [3.8, 4) is 6.07 Å². The molecule has 1 aromatic carbocycles. The van der Waals surface area contributed by atoms with Gasteiger partial charge in [-0.2, -0.15) is 5.26 Å². The van der Waals surface area contributed by atoms with Gasteiger partial charge in [-0.3, -0.25) is 4.90 Å². The molecule has 84 valence electrons. The number of piperidine rings is 1.